The van der Waals surface area contributed by atoms with E-state index >= 15 is 0 Å². The fraction of sp³-hybridized carbons (Fsp3) is 0.538. The molecule has 1 heterocycles. The Morgan fingerprint density at radius 1 is 1.37 bits per heavy atom. The SMILES string of the molecule is CC(=O)Nc1ccc(C(=O)NC2(CO)CCCC2)s1. The minimum Gasteiger partial charge on any atom is -0.394 e. The zero-order valence-corrected chi connectivity index (χ0v) is 11.7. The first-order chi connectivity index (χ1) is 9.04. The maximum absolute atomic E-state index is 12.1. The molecule has 0 unspecified atom stereocenters. The first-order valence-corrected chi connectivity index (χ1v) is 7.17. The second-order valence-corrected chi connectivity index (χ2v) is 6.03. The zero-order valence-electron chi connectivity index (χ0n) is 10.9. The molecule has 0 bridgehead atoms. The van der Waals surface area contributed by atoms with Crippen molar-refractivity contribution in [3.63, 3.8) is 0 Å². The Balaban J connectivity index is 2.03. The molecule has 104 valence electrons. The number of thiophene rings is 1. The zero-order chi connectivity index (χ0) is 13.9. The molecule has 6 heteroatoms. The fourth-order valence-electron chi connectivity index (χ4n) is 2.38. The van der Waals surface area contributed by atoms with Gasteiger partial charge in [0.25, 0.3) is 5.91 Å². The summed E-state index contributed by atoms with van der Waals surface area (Å²) in [6.07, 6.45) is 3.70. The molecule has 2 amide bonds. The van der Waals surface area contributed by atoms with E-state index in [0.29, 0.717) is 9.88 Å². The maximum Gasteiger partial charge on any atom is 0.261 e. The molecule has 0 aliphatic heterocycles. The molecule has 19 heavy (non-hydrogen) atoms. The summed E-state index contributed by atoms with van der Waals surface area (Å²) in [4.78, 5) is 23.6. The van der Waals surface area contributed by atoms with Crippen molar-refractivity contribution in [1.29, 1.82) is 0 Å². The fourth-order valence-corrected chi connectivity index (χ4v) is 3.23. The van der Waals surface area contributed by atoms with E-state index in [-0.39, 0.29) is 18.4 Å². The highest BCUT2D eigenvalue weighted by Gasteiger charge is 2.35. The molecule has 1 aliphatic carbocycles. The van der Waals surface area contributed by atoms with Gasteiger partial charge in [0.1, 0.15) is 0 Å². The topological polar surface area (TPSA) is 78.4 Å². The predicted molar refractivity (Wildman–Crippen MR) is 74.4 cm³/mol. The maximum atomic E-state index is 12.1. The van der Waals surface area contributed by atoms with Crippen molar-refractivity contribution in [2.24, 2.45) is 0 Å². The summed E-state index contributed by atoms with van der Waals surface area (Å²) in [6.45, 7) is 1.40. The van der Waals surface area contributed by atoms with Crippen LogP contribution in [0.1, 0.15) is 42.3 Å². The second kappa shape index (κ2) is 5.71. The summed E-state index contributed by atoms with van der Waals surface area (Å²) in [5.41, 5.74) is -0.463. The smallest absolute Gasteiger partial charge is 0.261 e. The summed E-state index contributed by atoms with van der Waals surface area (Å²) < 4.78 is 0. The average molecular weight is 282 g/mol. The van der Waals surface area contributed by atoms with Gasteiger partial charge in [-0.05, 0) is 25.0 Å². The van der Waals surface area contributed by atoms with Gasteiger partial charge < -0.3 is 15.7 Å². The molecule has 3 N–H and O–H groups in total. The van der Waals surface area contributed by atoms with Gasteiger partial charge in [0.05, 0.1) is 22.0 Å². The first kappa shape index (κ1) is 14.0. The van der Waals surface area contributed by atoms with E-state index in [0.717, 1.165) is 25.7 Å². The van der Waals surface area contributed by atoms with Gasteiger partial charge in [-0.25, -0.2) is 0 Å². The van der Waals surface area contributed by atoms with Crippen molar-refractivity contribution in [1.82, 2.24) is 5.32 Å². The minimum atomic E-state index is -0.463. The number of rotatable bonds is 4. The third kappa shape index (κ3) is 3.33. The van der Waals surface area contributed by atoms with E-state index in [1.807, 2.05) is 0 Å². The summed E-state index contributed by atoms with van der Waals surface area (Å²) in [5, 5.41) is 15.7. The molecule has 1 aromatic rings. The van der Waals surface area contributed by atoms with Crippen molar-refractivity contribution in [3.05, 3.63) is 17.0 Å². The van der Waals surface area contributed by atoms with Crippen LogP contribution in [0.2, 0.25) is 0 Å². The van der Waals surface area contributed by atoms with Crippen LogP contribution in [0.4, 0.5) is 5.00 Å². The summed E-state index contributed by atoms with van der Waals surface area (Å²) in [5.74, 6) is -0.339. The van der Waals surface area contributed by atoms with E-state index in [2.05, 4.69) is 10.6 Å². The molecule has 1 aliphatic rings. The number of hydrogen-bond donors (Lipinski definition) is 3. The van der Waals surface area contributed by atoms with Gasteiger partial charge in [0.2, 0.25) is 5.91 Å². The Hall–Kier alpha value is -1.40. The van der Waals surface area contributed by atoms with Crippen LogP contribution in [0.15, 0.2) is 12.1 Å². The quantitative estimate of drug-likeness (QED) is 0.787. The Morgan fingerprint density at radius 3 is 2.63 bits per heavy atom. The molecule has 0 radical (unpaired) electrons. The first-order valence-electron chi connectivity index (χ1n) is 6.35. The van der Waals surface area contributed by atoms with Crippen molar-refractivity contribution in [3.8, 4) is 0 Å². The van der Waals surface area contributed by atoms with Gasteiger partial charge in [-0.1, -0.05) is 12.8 Å². The number of carbonyl (C=O) groups is 2. The lowest BCUT2D eigenvalue weighted by atomic mass is 9.99. The number of aliphatic hydroxyl groups excluding tert-OH is 1. The van der Waals surface area contributed by atoms with Crippen molar-refractivity contribution >= 4 is 28.2 Å². The largest absolute Gasteiger partial charge is 0.394 e. The number of hydrogen-bond acceptors (Lipinski definition) is 4. The standard InChI is InChI=1S/C13H18N2O3S/c1-9(17)14-11-5-4-10(19-11)12(18)15-13(8-16)6-2-3-7-13/h4-5,16H,2-3,6-8H2,1H3,(H,14,17)(H,15,18). The van der Waals surface area contributed by atoms with Crippen LogP contribution in [-0.4, -0.2) is 29.1 Å². The summed E-state index contributed by atoms with van der Waals surface area (Å²) in [7, 11) is 0. The molecule has 5 nitrogen and oxygen atoms in total. The highest BCUT2D eigenvalue weighted by atomic mass is 32.1. The van der Waals surface area contributed by atoms with Crippen LogP contribution in [0, 0.1) is 0 Å². The highest BCUT2D eigenvalue weighted by Crippen LogP contribution is 2.30. The molecule has 2 rings (SSSR count). The van der Waals surface area contributed by atoms with Crippen LogP contribution < -0.4 is 10.6 Å². The lowest BCUT2D eigenvalue weighted by Gasteiger charge is -2.27. The molecule has 0 atom stereocenters. The van der Waals surface area contributed by atoms with Crippen molar-refractivity contribution in [2.45, 2.75) is 38.1 Å². The van der Waals surface area contributed by atoms with E-state index in [1.54, 1.807) is 12.1 Å². The van der Waals surface area contributed by atoms with Gasteiger partial charge in [0.15, 0.2) is 0 Å². The molecular weight excluding hydrogens is 264 g/mol. The van der Waals surface area contributed by atoms with E-state index in [1.165, 1.54) is 18.3 Å². The number of amides is 2. The molecule has 1 fully saturated rings. The number of anilines is 1. The van der Waals surface area contributed by atoms with Crippen molar-refractivity contribution < 1.29 is 14.7 Å². The van der Waals surface area contributed by atoms with Crippen LogP contribution in [0.3, 0.4) is 0 Å². The van der Waals surface area contributed by atoms with Crippen LogP contribution in [0.5, 0.6) is 0 Å². The summed E-state index contributed by atoms with van der Waals surface area (Å²) >= 11 is 1.24. The van der Waals surface area contributed by atoms with E-state index in [4.69, 9.17) is 0 Å². The number of carbonyl (C=O) groups excluding carboxylic acids is 2. The van der Waals surface area contributed by atoms with Crippen LogP contribution in [-0.2, 0) is 4.79 Å². The van der Waals surface area contributed by atoms with Crippen LogP contribution in [0.25, 0.3) is 0 Å². The molecular formula is C13H18N2O3S. The lowest BCUT2D eigenvalue weighted by Crippen LogP contribution is -2.49. The molecule has 0 aromatic carbocycles. The number of nitrogens with one attached hydrogen (secondary N) is 2. The molecule has 1 aromatic heterocycles. The van der Waals surface area contributed by atoms with Crippen molar-refractivity contribution in [2.75, 3.05) is 11.9 Å². The van der Waals surface area contributed by atoms with E-state index in [9.17, 15) is 14.7 Å². The second-order valence-electron chi connectivity index (χ2n) is 4.94. The van der Waals surface area contributed by atoms with E-state index < -0.39 is 5.54 Å². The van der Waals surface area contributed by atoms with Crippen LogP contribution >= 0.6 is 11.3 Å². The third-order valence-corrected chi connectivity index (χ3v) is 4.37. The molecule has 1 saturated carbocycles. The highest BCUT2D eigenvalue weighted by molar-refractivity contribution is 7.18. The van der Waals surface area contributed by atoms with Gasteiger partial charge >= 0.3 is 0 Å². The molecule has 0 saturated heterocycles. The lowest BCUT2D eigenvalue weighted by molar-refractivity contribution is -0.114. The monoisotopic (exact) mass is 282 g/mol. The minimum absolute atomic E-state index is 0.0251. The predicted octanol–water partition coefficient (Wildman–Crippen LogP) is 1.74. The van der Waals surface area contributed by atoms with Gasteiger partial charge in [0, 0.05) is 6.92 Å². The normalized spacial score (nSPS) is 17.2. The number of aliphatic hydroxyl groups is 1. The third-order valence-electron chi connectivity index (χ3n) is 3.37. The average Bonchev–Trinajstić information content (AvgIpc) is 2.98. The Bertz CT molecular complexity index is 478. The molecule has 0 spiro atoms. The Labute approximate surface area is 116 Å². The Morgan fingerprint density at radius 2 is 2.05 bits per heavy atom. The van der Waals surface area contributed by atoms with Gasteiger partial charge in [-0.2, -0.15) is 0 Å². The van der Waals surface area contributed by atoms with Gasteiger partial charge in [-0.3, -0.25) is 9.59 Å². The Kier molecular flexibility index (Phi) is 4.21. The summed E-state index contributed by atoms with van der Waals surface area (Å²) in [6, 6.07) is 3.40. The van der Waals surface area contributed by atoms with Gasteiger partial charge in [-0.15, -0.1) is 11.3 Å².